The molecule has 0 spiro atoms. The van der Waals surface area contributed by atoms with E-state index in [4.69, 9.17) is 0 Å². The van der Waals surface area contributed by atoms with Crippen LogP contribution in [0, 0.1) is 17.8 Å². The first-order chi connectivity index (χ1) is 9.40. The molecule has 0 aromatic carbocycles. The fourth-order valence-corrected chi connectivity index (χ4v) is 2.42. The number of carbonyl (C=O) groups is 2. The molecule has 0 bridgehead atoms. The molecule has 1 amide bonds. The van der Waals surface area contributed by atoms with E-state index in [1.807, 2.05) is 13.8 Å². The summed E-state index contributed by atoms with van der Waals surface area (Å²) in [5.74, 6) is 1.33. The van der Waals surface area contributed by atoms with Crippen LogP contribution in [0.4, 0.5) is 0 Å². The molecule has 4 nitrogen and oxygen atoms in total. The number of likely N-dealkylation sites (tertiary alicyclic amines) is 1. The average Bonchev–Trinajstić information content (AvgIpc) is 2.42. The molecule has 1 N–H and O–H groups in total. The van der Waals surface area contributed by atoms with Crippen molar-refractivity contribution in [3.8, 4) is 0 Å². The highest BCUT2D eigenvalue weighted by molar-refractivity contribution is 5.80. The molecule has 118 valence electrons. The van der Waals surface area contributed by atoms with Gasteiger partial charge >= 0.3 is 0 Å². The third-order valence-corrected chi connectivity index (χ3v) is 3.96. The highest BCUT2D eigenvalue weighted by Gasteiger charge is 2.25. The van der Waals surface area contributed by atoms with Crippen molar-refractivity contribution in [2.75, 3.05) is 26.2 Å². The minimum atomic E-state index is 0. The molecule has 0 aliphatic carbocycles. The van der Waals surface area contributed by atoms with Crippen LogP contribution in [0.5, 0.6) is 0 Å². The molecule has 1 aliphatic rings. The lowest BCUT2D eigenvalue weighted by atomic mass is 9.95. The smallest absolute Gasteiger partial charge is 0.223 e. The minimum absolute atomic E-state index is 0. The Hall–Kier alpha value is -0.900. The number of amides is 1. The van der Waals surface area contributed by atoms with Gasteiger partial charge in [0.15, 0.2) is 0 Å². The number of carbonyl (C=O) groups excluding carboxylic acids is 2. The summed E-state index contributed by atoms with van der Waals surface area (Å²) in [5, 5.41) is 3.02. The molecule has 0 unspecified atom stereocenters. The van der Waals surface area contributed by atoms with Crippen molar-refractivity contribution >= 4 is 11.7 Å². The Labute approximate surface area is 124 Å². The molecular formula is C16H32N2O2. The van der Waals surface area contributed by atoms with Gasteiger partial charge in [-0.15, -0.1) is 0 Å². The first kappa shape index (κ1) is 17.2. The summed E-state index contributed by atoms with van der Waals surface area (Å²) in [6, 6.07) is 0. The summed E-state index contributed by atoms with van der Waals surface area (Å²) < 4.78 is 0. The van der Waals surface area contributed by atoms with Gasteiger partial charge in [0.05, 0.1) is 0 Å². The summed E-state index contributed by atoms with van der Waals surface area (Å²) in [5.41, 5.74) is 0. The SMILES string of the molecule is CC(C)CNC(=O)C1CCN(CCC(=O)C(C)C)CC1.[HH]. The fourth-order valence-electron chi connectivity index (χ4n) is 2.42. The minimum Gasteiger partial charge on any atom is -0.356 e. The molecule has 1 heterocycles. The van der Waals surface area contributed by atoms with Crippen LogP contribution in [0.15, 0.2) is 0 Å². The maximum absolute atomic E-state index is 12.0. The van der Waals surface area contributed by atoms with Gasteiger partial charge in [-0.25, -0.2) is 0 Å². The van der Waals surface area contributed by atoms with Crippen molar-refractivity contribution in [3.63, 3.8) is 0 Å². The summed E-state index contributed by atoms with van der Waals surface area (Å²) in [4.78, 5) is 25.9. The standard InChI is InChI=1S/C16H30N2O2.H2/c1-12(2)11-17-16(20)14-5-8-18(9-6-14)10-7-15(19)13(3)4;/h12-14H,5-11H2,1-4H3,(H,17,20);1H. The lowest BCUT2D eigenvalue weighted by molar-refractivity contribution is -0.127. The van der Waals surface area contributed by atoms with E-state index in [9.17, 15) is 9.59 Å². The van der Waals surface area contributed by atoms with Crippen molar-refractivity contribution < 1.29 is 11.0 Å². The predicted molar refractivity (Wildman–Crippen MR) is 83.6 cm³/mol. The van der Waals surface area contributed by atoms with Crippen LogP contribution >= 0.6 is 0 Å². The number of Topliss-reactive ketones (excluding diaryl/α,β-unsaturated/α-hetero) is 1. The monoisotopic (exact) mass is 284 g/mol. The van der Waals surface area contributed by atoms with Crippen LogP contribution < -0.4 is 5.32 Å². The van der Waals surface area contributed by atoms with Gasteiger partial charge in [0.25, 0.3) is 0 Å². The second kappa shape index (κ2) is 8.40. The molecule has 4 heteroatoms. The second-order valence-corrected chi connectivity index (χ2v) is 6.63. The molecule has 1 saturated heterocycles. The van der Waals surface area contributed by atoms with Crippen molar-refractivity contribution in [2.45, 2.75) is 47.0 Å². The summed E-state index contributed by atoms with van der Waals surface area (Å²) in [6.45, 7) is 11.6. The average molecular weight is 284 g/mol. The molecule has 0 atom stereocenters. The first-order valence-corrected chi connectivity index (χ1v) is 7.93. The highest BCUT2D eigenvalue weighted by atomic mass is 16.2. The Kier molecular flexibility index (Phi) is 7.20. The van der Waals surface area contributed by atoms with E-state index in [-0.39, 0.29) is 19.2 Å². The Morgan fingerprint density at radius 2 is 1.80 bits per heavy atom. The highest BCUT2D eigenvalue weighted by Crippen LogP contribution is 2.18. The van der Waals surface area contributed by atoms with Gasteiger partial charge in [0, 0.05) is 32.8 Å². The number of nitrogens with zero attached hydrogens (tertiary/aromatic N) is 1. The van der Waals surface area contributed by atoms with Crippen molar-refractivity contribution in [2.24, 2.45) is 17.8 Å². The number of hydrogen-bond acceptors (Lipinski definition) is 3. The summed E-state index contributed by atoms with van der Waals surface area (Å²) in [7, 11) is 0. The first-order valence-electron chi connectivity index (χ1n) is 7.93. The topological polar surface area (TPSA) is 49.4 Å². The number of piperidine rings is 1. The van der Waals surface area contributed by atoms with Gasteiger partial charge in [-0.2, -0.15) is 0 Å². The molecule has 0 saturated carbocycles. The molecule has 0 aromatic heterocycles. The van der Waals surface area contributed by atoms with Crippen LogP contribution in [0.3, 0.4) is 0 Å². The third kappa shape index (κ3) is 6.04. The molecule has 1 aliphatic heterocycles. The Bertz CT molecular complexity index is 324. The van der Waals surface area contributed by atoms with E-state index in [1.165, 1.54) is 0 Å². The van der Waals surface area contributed by atoms with Gasteiger partial charge in [-0.3, -0.25) is 9.59 Å². The maximum atomic E-state index is 12.0. The summed E-state index contributed by atoms with van der Waals surface area (Å²) >= 11 is 0. The van der Waals surface area contributed by atoms with Crippen molar-refractivity contribution in [1.29, 1.82) is 0 Å². The third-order valence-electron chi connectivity index (χ3n) is 3.96. The van der Waals surface area contributed by atoms with E-state index < -0.39 is 0 Å². The molecule has 20 heavy (non-hydrogen) atoms. The van der Waals surface area contributed by atoms with Crippen LogP contribution in [-0.4, -0.2) is 42.8 Å². The Balaban J connectivity index is 0.00000400. The van der Waals surface area contributed by atoms with Crippen molar-refractivity contribution in [3.05, 3.63) is 0 Å². The molecule has 0 aromatic rings. The van der Waals surface area contributed by atoms with Gasteiger partial charge < -0.3 is 10.2 Å². The van der Waals surface area contributed by atoms with Gasteiger partial charge in [-0.05, 0) is 31.8 Å². The fraction of sp³-hybridized carbons (Fsp3) is 0.875. The van der Waals surface area contributed by atoms with Crippen LogP contribution in [0.1, 0.15) is 48.4 Å². The van der Waals surface area contributed by atoms with E-state index in [0.29, 0.717) is 18.1 Å². The maximum Gasteiger partial charge on any atom is 0.223 e. The zero-order valence-corrected chi connectivity index (χ0v) is 13.4. The quantitative estimate of drug-likeness (QED) is 0.780. The largest absolute Gasteiger partial charge is 0.356 e. The lowest BCUT2D eigenvalue weighted by Crippen LogP contribution is -2.42. The Morgan fingerprint density at radius 3 is 2.30 bits per heavy atom. The normalized spacial score (nSPS) is 17.7. The lowest BCUT2D eigenvalue weighted by Gasteiger charge is -2.31. The van der Waals surface area contributed by atoms with Crippen LogP contribution in [-0.2, 0) is 9.59 Å². The van der Waals surface area contributed by atoms with E-state index >= 15 is 0 Å². The number of ketones is 1. The van der Waals surface area contributed by atoms with Gasteiger partial charge in [-0.1, -0.05) is 27.7 Å². The summed E-state index contributed by atoms with van der Waals surface area (Å²) in [6.07, 6.45) is 2.47. The molecule has 1 fully saturated rings. The van der Waals surface area contributed by atoms with E-state index in [2.05, 4.69) is 24.1 Å². The zero-order valence-electron chi connectivity index (χ0n) is 13.4. The predicted octanol–water partition coefficient (Wildman–Crippen LogP) is 2.33. The zero-order chi connectivity index (χ0) is 15.1. The molecule has 1 rings (SSSR count). The van der Waals surface area contributed by atoms with Crippen molar-refractivity contribution in [1.82, 2.24) is 10.2 Å². The van der Waals surface area contributed by atoms with Crippen LogP contribution in [0.25, 0.3) is 0 Å². The van der Waals surface area contributed by atoms with E-state index in [1.54, 1.807) is 0 Å². The number of nitrogens with one attached hydrogen (secondary N) is 1. The van der Waals surface area contributed by atoms with E-state index in [0.717, 1.165) is 39.0 Å². The number of rotatable bonds is 7. The Morgan fingerprint density at radius 1 is 1.20 bits per heavy atom. The molecule has 0 radical (unpaired) electrons. The van der Waals surface area contributed by atoms with Gasteiger partial charge in [0.1, 0.15) is 5.78 Å². The number of hydrogen-bond donors (Lipinski definition) is 1. The van der Waals surface area contributed by atoms with Crippen LogP contribution in [0.2, 0.25) is 0 Å². The van der Waals surface area contributed by atoms with Gasteiger partial charge in [0.2, 0.25) is 5.91 Å². The second-order valence-electron chi connectivity index (χ2n) is 6.63. The molecular weight excluding hydrogens is 252 g/mol.